The lowest BCUT2D eigenvalue weighted by Gasteiger charge is -2.15. The Hall–Kier alpha value is -3.01. The van der Waals surface area contributed by atoms with Crippen molar-refractivity contribution in [2.24, 2.45) is 0 Å². The maximum atomic E-state index is 12.1. The van der Waals surface area contributed by atoms with Gasteiger partial charge in [0.1, 0.15) is 18.1 Å². The number of benzene rings is 3. The Labute approximate surface area is 147 Å². The molecule has 3 rings (SSSR count). The molecule has 0 unspecified atom stereocenters. The lowest BCUT2D eigenvalue weighted by Crippen LogP contribution is -2.38. The van der Waals surface area contributed by atoms with Crippen LogP contribution in [0.4, 0.5) is 0 Å². The van der Waals surface area contributed by atoms with Crippen LogP contribution < -0.4 is 14.8 Å². The second-order valence-electron chi connectivity index (χ2n) is 5.72. The first-order chi connectivity index (χ1) is 12.2. The topological polar surface area (TPSA) is 47.6 Å². The zero-order valence-electron chi connectivity index (χ0n) is 14.1. The fourth-order valence-electron chi connectivity index (χ4n) is 2.50. The van der Waals surface area contributed by atoms with Gasteiger partial charge in [-0.05, 0) is 42.0 Å². The summed E-state index contributed by atoms with van der Waals surface area (Å²) in [6, 6.07) is 23.4. The highest BCUT2D eigenvalue weighted by Crippen LogP contribution is 2.21. The first-order valence-corrected chi connectivity index (χ1v) is 8.33. The van der Waals surface area contributed by atoms with Crippen molar-refractivity contribution in [2.45, 2.75) is 13.0 Å². The van der Waals surface area contributed by atoms with Crippen LogP contribution in [0.3, 0.4) is 0 Å². The standard InChI is InChI=1S/C21H21NO3/c1-16(21(23)22-13-14-24-19-9-3-2-4-10-19)25-20-12-11-17-7-5-6-8-18(17)15-20/h2-12,15-16H,13-14H2,1H3,(H,22,23)/t16-/m0/s1. The van der Waals surface area contributed by atoms with Gasteiger partial charge in [-0.15, -0.1) is 0 Å². The van der Waals surface area contributed by atoms with Gasteiger partial charge in [-0.2, -0.15) is 0 Å². The molecule has 0 saturated heterocycles. The van der Waals surface area contributed by atoms with Gasteiger partial charge < -0.3 is 14.8 Å². The SMILES string of the molecule is C[C@H](Oc1ccc2ccccc2c1)C(=O)NCCOc1ccccc1. The Kier molecular flexibility index (Phi) is 5.52. The number of hydrogen-bond donors (Lipinski definition) is 1. The molecule has 0 aliphatic carbocycles. The highest BCUT2D eigenvalue weighted by molar-refractivity contribution is 5.84. The van der Waals surface area contributed by atoms with E-state index in [1.54, 1.807) is 6.92 Å². The van der Waals surface area contributed by atoms with E-state index in [4.69, 9.17) is 9.47 Å². The normalized spacial score (nSPS) is 11.7. The number of carbonyl (C=O) groups excluding carboxylic acids is 1. The molecule has 25 heavy (non-hydrogen) atoms. The molecule has 128 valence electrons. The average molecular weight is 335 g/mol. The quantitative estimate of drug-likeness (QED) is 0.668. The molecule has 1 N–H and O–H groups in total. The van der Waals surface area contributed by atoms with Crippen molar-refractivity contribution in [3.63, 3.8) is 0 Å². The smallest absolute Gasteiger partial charge is 0.260 e. The van der Waals surface area contributed by atoms with Gasteiger partial charge in [0.2, 0.25) is 0 Å². The summed E-state index contributed by atoms with van der Waals surface area (Å²) >= 11 is 0. The van der Waals surface area contributed by atoms with Gasteiger partial charge in [-0.3, -0.25) is 4.79 Å². The van der Waals surface area contributed by atoms with Crippen LogP contribution in [-0.2, 0) is 4.79 Å². The van der Waals surface area contributed by atoms with Crippen LogP contribution in [0.5, 0.6) is 11.5 Å². The van der Waals surface area contributed by atoms with Gasteiger partial charge in [0.15, 0.2) is 6.10 Å². The summed E-state index contributed by atoms with van der Waals surface area (Å²) in [6.07, 6.45) is -0.571. The van der Waals surface area contributed by atoms with Gasteiger partial charge in [0.25, 0.3) is 5.91 Å². The van der Waals surface area contributed by atoms with Crippen LogP contribution in [0.25, 0.3) is 10.8 Å². The third kappa shape index (κ3) is 4.73. The minimum atomic E-state index is -0.571. The van der Waals surface area contributed by atoms with Crippen LogP contribution in [0, 0.1) is 0 Å². The number of para-hydroxylation sites is 1. The fourth-order valence-corrected chi connectivity index (χ4v) is 2.50. The Morgan fingerprint density at radius 2 is 1.64 bits per heavy atom. The highest BCUT2D eigenvalue weighted by atomic mass is 16.5. The molecule has 4 heteroatoms. The second-order valence-corrected chi connectivity index (χ2v) is 5.72. The van der Waals surface area contributed by atoms with E-state index in [2.05, 4.69) is 5.32 Å². The second kappa shape index (κ2) is 8.20. The van der Waals surface area contributed by atoms with E-state index in [0.717, 1.165) is 16.5 Å². The van der Waals surface area contributed by atoms with Gasteiger partial charge in [0.05, 0.1) is 6.54 Å². The number of amides is 1. The molecule has 1 atom stereocenters. The molecule has 0 saturated carbocycles. The number of ether oxygens (including phenoxy) is 2. The first-order valence-electron chi connectivity index (χ1n) is 8.33. The summed E-state index contributed by atoms with van der Waals surface area (Å²) in [5, 5.41) is 5.05. The molecule has 3 aromatic carbocycles. The summed E-state index contributed by atoms with van der Waals surface area (Å²) in [5.74, 6) is 1.31. The molecule has 3 aromatic rings. The number of fused-ring (bicyclic) bond motifs is 1. The van der Waals surface area contributed by atoms with Gasteiger partial charge >= 0.3 is 0 Å². The summed E-state index contributed by atoms with van der Waals surface area (Å²) in [7, 11) is 0. The maximum absolute atomic E-state index is 12.1. The van der Waals surface area contributed by atoms with Crippen LogP contribution in [0.15, 0.2) is 72.8 Å². The maximum Gasteiger partial charge on any atom is 0.260 e. The van der Waals surface area contributed by atoms with Crippen molar-refractivity contribution >= 4 is 16.7 Å². The predicted molar refractivity (Wildman–Crippen MR) is 99.0 cm³/mol. The van der Waals surface area contributed by atoms with E-state index in [9.17, 15) is 4.79 Å². The number of carbonyl (C=O) groups is 1. The molecule has 0 aromatic heterocycles. The van der Waals surface area contributed by atoms with Gasteiger partial charge in [-0.25, -0.2) is 0 Å². The molecule has 0 aliphatic rings. The van der Waals surface area contributed by atoms with E-state index < -0.39 is 6.10 Å². The summed E-state index contributed by atoms with van der Waals surface area (Å²) in [4.78, 5) is 12.1. The Morgan fingerprint density at radius 1 is 0.920 bits per heavy atom. The van der Waals surface area contributed by atoms with Crippen LogP contribution in [0.1, 0.15) is 6.92 Å². The van der Waals surface area contributed by atoms with E-state index >= 15 is 0 Å². The van der Waals surface area contributed by atoms with Crippen LogP contribution >= 0.6 is 0 Å². The van der Waals surface area contributed by atoms with Crippen molar-refractivity contribution in [3.8, 4) is 11.5 Å². The van der Waals surface area contributed by atoms with Crippen LogP contribution in [0.2, 0.25) is 0 Å². The molecule has 4 nitrogen and oxygen atoms in total. The average Bonchev–Trinajstić information content (AvgIpc) is 2.65. The minimum Gasteiger partial charge on any atom is -0.492 e. The molecule has 1 amide bonds. The highest BCUT2D eigenvalue weighted by Gasteiger charge is 2.14. The van der Waals surface area contributed by atoms with E-state index in [0.29, 0.717) is 18.9 Å². The predicted octanol–water partition coefficient (Wildman–Crippen LogP) is 3.80. The van der Waals surface area contributed by atoms with Crippen molar-refractivity contribution in [3.05, 3.63) is 72.8 Å². The van der Waals surface area contributed by atoms with Crippen LogP contribution in [-0.4, -0.2) is 25.2 Å². The molecular formula is C21H21NO3. The zero-order valence-corrected chi connectivity index (χ0v) is 14.1. The van der Waals surface area contributed by atoms with E-state index in [1.165, 1.54) is 0 Å². The number of rotatable bonds is 7. The molecule has 0 aliphatic heterocycles. The molecule has 0 heterocycles. The van der Waals surface area contributed by atoms with Crippen molar-refractivity contribution in [2.75, 3.05) is 13.2 Å². The summed E-state index contributed by atoms with van der Waals surface area (Å²) in [5.41, 5.74) is 0. The monoisotopic (exact) mass is 335 g/mol. The lowest BCUT2D eigenvalue weighted by atomic mass is 10.1. The van der Waals surface area contributed by atoms with Crippen molar-refractivity contribution in [1.82, 2.24) is 5.32 Å². The first kappa shape index (κ1) is 16.8. The van der Waals surface area contributed by atoms with Gasteiger partial charge in [0, 0.05) is 0 Å². The summed E-state index contributed by atoms with van der Waals surface area (Å²) < 4.78 is 11.3. The summed E-state index contributed by atoms with van der Waals surface area (Å²) in [6.45, 7) is 2.58. The number of nitrogens with one attached hydrogen (secondary N) is 1. The molecule has 0 spiro atoms. The number of hydrogen-bond acceptors (Lipinski definition) is 3. The third-order valence-corrected chi connectivity index (χ3v) is 3.82. The minimum absolute atomic E-state index is 0.162. The molecule has 0 radical (unpaired) electrons. The van der Waals surface area contributed by atoms with Crippen molar-refractivity contribution < 1.29 is 14.3 Å². The van der Waals surface area contributed by atoms with E-state index in [-0.39, 0.29) is 5.91 Å². The Balaban J connectivity index is 1.46. The Morgan fingerprint density at radius 3 is 2.44 bits per heavy atom. The lowest BCUT2D eigenvalue weighted by molar-refractivity contribution is -0.127. The van der Waals surface area contributed by atoms with E-state index in [1.807, 2.05) is 72.8 Å². The van der Waals surface area contributed by atoms with Crippen molar-refractivity contribution in [1.29, 1.82) is 0 Å². The Bertz CT molecular complexity index is 833. The fraction of sp³-hybridized carbons (Fsp3) is 0.190. The van der Waals surface area contributed by atoms with Gasteiger partial charge in [-0.1, -0.05) is 48.5 Å². The molecule has 0 bridgehead atoms. The zero-order chi connectivity index (χ0) is 17.5. The molecular weight excluding hydrogens is 314 g/mol. The third-order valence-electron chi connectivity index (χ3n) is 3.82. The molecule has 0 fully saturated rings. The largest absolute Gasteiger partial charge is 0.492 e.